The van der Waals surface area contributed by atoms with Gasteiger partial charge in [-0.25, -0.2) is 4.39 Å². The van der Waals surface area contributed by atoms with Gasteiger partial charge in [0.15, 0.2) is 0 Å². The summed E-state index contributed by atoms with van der Waals surface area (Å²) in [6.45, 7) is 6.09. The van der Waals surface area contributed by atoms with Gasteiger partial charge in [-0.05, 0) is 30.7 Å². The molecule has 0 fully saturated rings. The molecule has 0 heterocycles. The lowest BCUT2D eigenvalue weighted by Crippen LogP contribution is -2.33. The summed E-state index contributed by atoms with van der Waals surface area (Å²) in [4.78, 5) is 0. The van der Waals surface area contributed by atoms with Crippen LogP contribution in [0.1, 0.15) is 25.8 Å². The summed E-state index contributed by atoms with van der Waals surface area (Å²) in [5.74, 6) is 0.499. The molecular formula is C13H19ClFN. The van der Waals surface area contributed by atoms with Gasteiger partial charge in [0.05, 0.1) is 0 Å². The third-order valence-corrected chi connectivity index (χ3v) is 2.95. The van der Waals surface area contributed by atoms with E-state index in [1.54, 1.807) is 0 Å². The zero-order valence-corrected chi connectivity index (χ0v) is 10.6. The molecule has 1 nitrogen and oxygen atoms in total. The van der Waals surface area contributed by atoms with E-state index < -0.39 is 0 Å². The van der Waals surface area contributed by atoms with Gasteiger partial charge in [0.25, 0.3) is 0 Å². The second-order valence-electron chi connectivity index (χ2n) is 4.61. The van der Waals surface area contributed by atoms with Crippen molar-refractivity contribution >= 4 is 11.6 Å². The molecule has 16 heavy (non-hydrogen) atoms. The first-order valence-electron chi connectivity index (χ1n) is 5.59. The van der Waals surface area contributed by atoms with Crippen LogP contribution in [0.4, 0.5) is 4.39 Å². The van der Waals surface area contributed by atoms with Crippen molar-refractivity contribution in [1.29, 1.82) is 0 Å². The monoisotopic (exact) mass is 243 g/mol. The van der Waals surface area contributed by atoms with Crippen molar-refractivity contribution < 1.29 is 4.39 Å². The molecular weight excluding hydrogens is 225 g/mol. The summed E-state index contributed by atoms with van der Waals surface area (Å²) in [7, 11) is 0. The van der Waals surface area contributed by atoms with E-state index in [-0.39, 0.29) is 11.2 Å². The molecule has 0 aliphatic rings. The molecule has 0 saturated carbocycles. The summed E-state index contributed by atoms with van der Waals surface area (Å²) < 4.78 is 12.8. The summed E-state index contributed by atoms with van der Waals surface area (Å²) in [5.41, 5.74) is 1.16. The van der Waals surface area contributed by atoms with Crippen LogP contribution in [0.2, 0.25) is 0 Å². The van der Waals surface area contributed by atoms with Crippen molar-refractivity contribution in [2.24, 2.45) is 0 Å². The van der Waals surface area contributed by atoms with Crippen LogP contribution in [0.5, 0.6) is 0 Å². The molecule has 0 unspecified atom stereocenters. The van der Waals surface area contributed by atoms with Gasteiger partial charge in [0.2, 0.25) is 0 Å². The summed E-state index contributed by atoms with van der Waals surface area (Å²) in [6.07, 6.45) is 0.973. The van der Waals surface area contributed by atoms with Crippen LogP contribution >= 0.6 is 11.6 Å². The zero-order valence-electron chi connectivity index (χ0n) is 9.89. The number of benzene rings is 1. The first-order valence-corrected chi connectivity index (χ1v) is 6.12. The Morgan fingerprint density at radius 3 is 2.44 bits per heavy atom. The Bertz CT molecular complexity index is 308. The lowest BCUT2D eigenvalue weighted by molar-refractivity contribution is 0.469. The number of hydrogen-bond donors (Lipinski definition) is 1. The van der Waals surface area contributed by atoms with Gasteiger partial charge in [-0.3, -0.25) is 0 Å². The molecule has 0 bridgehead atoms. The predicted molar refractivity (Wildman–Crippen MR) is 67.6 cm³/mol. The Kier molecular flexibility index (Phi) is 5.23. The molecule has 90 valence electrons. The van der Waals surface area contributed by atoms with Gasteiger partial charge in [-0.2, -0.15) is 0 Å². The Hall–Kier alpha value is -0.600. The fraction of sp³-hybridized carbons (Fsp3) is 0.538. The average molecular weight is 244 g/mol. The Labute approximate surface area is 102 Å². The van der Waals surface area contributed by atoms with Crippen molar-refractivity contribution in [2.45, 2.75) is 25.7 Å². The first-order chi connectivity index (χ1) is 7.56. The zero-order chi connectivity index (χ0) is 12.0. The van der Waals surface area contributed by atoms with E-state index in [1.807, 2.05) is 12.1 Å². The topological polar surface area (TPSA) is 12.0 Å². The number of hydrogen-bond acceptors (Lipinski definition) is 1. The third kappa shape index (κ3) is 4.11. The van der Waals surface area contributed by atoms with Gasteiger partial charge in [0.1, 0.15) is 5.82 Å². The number of nitrogens with one attached hydrogen (secondary N) is 1. The average Bonchev–Trinajstić information content (AvgIpc) is 2.25. The lowest BCUT2D eigenvalue weighted by Gasteiger charge is -2.25. The number of rotatable bonds is 6. The second kappa shape index (κ2) is 6.21. The smallest absolute Gasteiger partial charge is 0.123 e. The van der Waals surface area contributed by atoms with E-state index in [2.05, 4.69) is 19.2 Å². The minimum absolute atomic E-state index is 0.0139. The minimum atomic E-state index is -0.186. The van der Waals surface area contributed by atoms with Gasteiger partial charge in [-0.15, -0.1) is 11.6 Å². The maximum Gasteiger partial charge on any atom is 0.123 e. The predicted octanol–water partition coefficient (Wildman–Crippen LogP) is 3.32. The van der Waals surface area contributed by atoms with E-state index in [0.29, 0.717) is 5.88 Å². The van der Waals surface area contributed by atoms with Gasteiger partial charge in [-0.1, -0.05) is 26.0 Å². The molecule has 0 spiro atoms. The van der Waals surface area contributed by atoms with Crippen molar-refractivity contribution in [3.63, 3.8) is 0 Å². The standard InChI is InChI=1S/C13H19ClFN/c1-13(2,10-16-9-3-8-14)11-4-6-12(15)7-5-11/h4-7,16H,3,8-10H2,1-2H3. The fourth-order valence-electron chi connectivity index (χ4n) is 1.60. The Morgan fingerprint density at radius 1 is 1.25 bits per heavy atom. The highest BCUT2D eigenvalue weighted by Crippen LogP contribution is 2.22. The number of alkyl halides is 1. The van der Waals surface area contributed by atoms with Crippen molar-refractivity contribution in [1.82, 2.24) is 5.32 Å². The number of halogens is 2. The first kappa shape index (κ1) is 13.5. The van der Waals surface area contributed by atoms with Gasteiger partial charge in [0, 0.05) is 17.8 Å². The third-order valence-electron chi connectivity index (χ3n) is 2.68. The summed E-state index contributed by atoms with van der Waals surface area (Å²) >= 11 is 5.60. The van der Waals surface area contributed by atoms with Crippen LogP contribution in [0.25, 0.3) is 0 Å². The molecule has 3 heteroatoms. The van der Waals surface area contributed by atoms with Crippen molar-refractivity contribution in [3.8, 4) is 0 Å². The molecule has 1 aromatic carbocycles. The molecule has 0 radical (unpaired) electrons. The van der Waals surface area contributed by atoms with Gasteiger partial charge < -0.3 is 5.32 Å². The largest absolute Gasteiger partial charge is 0.316 e. The van der Waals surface area contributed by atoms with Crippen LogP contribution < -0.4 is 5.32 Å². The fourth-order valence-corrected chi connectivity index (χ4v) is 1.73. The van der Waals surface area contributed by atoms with E-state index in [0.717, 1.165) is 25.1 Å². The van der Waals surface area contributed by atoms with Gasteiger partial charge >= 0.3 is 0 Å². The Balaban J connectivity index is 2.52. The SMILES string of the molecule is CC(C)(CNCCCCl)c1ccc(F)cc1. The van der Waals surface area contributed by atoms with Crippen molar-refractivity contribution in [3.05, 3.63) is 35.6 Å². The van der Waals surface area contributed by atoms with Crippen LogP contribution in [-0.4, -0.2) is 19.0 Å². The quantitative estimate of drug-likeness (QED) is 0.597. The normalized spacial score (nSPS) is 11.8. The highest BCUT2D eigenvalue weighted by Gasteiger charge is 2.19. The minimum Gasteiger partial charge on any atom is -0.316 e. The molecule has 1 N–H and O–H groups in total. The lowest BCUT2D eigenvalue weighted by atomic mass is 9.84. The van der Waals surface area contributed by atoms with Crippen LogP contribution in [0.15, 0.2) is 24.3 Å². The molecule has 1 aromatic rings. The maximum absolute atomic E-state index is 12.8. The summed E-state index contributed by atoms with van der Waals surface area (Å²) in [6, 6.07) is 6.71. The molecule has 0 amide bonds. The molecule has 0 aliphatic carbocycles. The molecule has 0 aromatic heterocycles. The highest BCUT2D eigenvalue weighted by atomic mass is 35.5. The molecule has 0 aliphatic heterocycles. The molecule has 0 atom stereocenters. The molecule has 0 saturated heterocycles. The molecule has 1 rings (SSSR count). The van der Waals surface area contributed by atoms with E-state index in [9.17, 15) is 4.39 Å². The van der Waals surface area contributed by atoms with Crippen LogP contribution in [-0.2, 0) is 5.41 Å². The maximum atomic E-state index is 12.8. The van der Waals surface area contributed by atoms with E-state index in [1.165, 1.54) is 12.1 Å². The summed E-state index contributed by atoms with van der Waals surface area (Å²) in [5, 5.41) is 3.36. The van der Waals surface area contributed by atoms with E-state index in [4.69, 9.17) is 11.6 Å². The Morgan fingerprint density at radius 2 is 1.88 bits per heavy atom. The van der Waals surface area contributed by atoms with E-state index >= 15 is 0 Å². The highest BCUT2D eigenvalue weighted by molar-refractivity contribution is 6.17. The second-order valence-corrected chi connectivity index (χ2v) is 4.99. The van der Waals surface area contributed by atoms with Crippen LogP contribution in [0, 0.1) is 5.82 Å². The van der Waals surface area contributed by atoms with Crippen molar-refractivity contribution in [2.75, 3.05) is 19.0 Å². The van der Waals surface area contributed by atoms with Crippen LogP contribution in [0.3, 0.4) is 0 Å².